The zero-order valence-corrected chi connectivity index (χ0v) is 22.5. The zero-order valence-electron chi connectivity index (χ0n) is 22.5. The molecular weight excluding hydrogens is 576 g/mol. The highest BCUT2D eigenvalue weighted by molar-refractivity contribution is 5.94. The molecular formula is C30H25F6N5O2. The first-order chi connectivity index (χ1) is 20.4. The van der Waals surface area contributed by atoms with E-state index in [4.69, 9.17) is 5.73 Å². The van der Waals surface area contributed by atoms with E-state index in [-0.39, 0.29) is 42.8 Å². The first-order valence-corrected chi connectivity index (χ1v) is 13.2. The summed E-state index contributed by atoms with van der Waals surface area (Å²) in [7, 11) is 0. The van der Waals surface area contributed by atoms with Gasteiger partial charge in [-0.1, -0.05) is 36.4 Å². The number of rotatable bonds is 7. The SMILES string of the molecule is NC(CC(=O)N1Cc2ccccc2-n2cnc(C(=O)NCc3ccccc3C(F)(F)F)c2C1)Cc1cc(F)c(F)cc1F. The van der Waals surface area contributed by atoms with Gasteiger partial charge in [-0.15, -0.1) is 0 Å². The molecule has 0 radical (unpaired) electrons. The summed E-state index contributed by atoms with van der Waals surface area (Å²) in [6, 6.07) is 12.2. The second-order valence-electron chi connectivity index (χ2n) is 10.2. The molecule has 0 aliphatic carbocycles. The molecule has 0 fully saturated rings. The maximum Gasteiger partial charge on any atom is 0.416 e. The van der Waals surface area contributed by atoms with Gasteiger partial charge in [-0.25, -0.2) is 18.2 Å². The number of para-hydroxylation sites is 1. The predicted octanol–water partition coefficient (Wildman–Crippen LogP) is 5.04. The third-order valence-corrected chi connectivity index (χ3v) is 7.16. The van der Waals surface area contributed by atoms with Crippen LogP contribution in [-0.2, 0) is 37.0 Å². The molecule has 1 aliphatic rings. The molecule has 0 saturated carbocycles. The Morgan fingerprint density at radius 2 is 1.63 bits per heavy atom. The summed E-state index contributed by atoms with van der Waals surface area (Å²) < 4.78 is 83.0. The minimum atomic E-state index is -4.60. The highest BCUT2D eigenvalue weighted by atomic mass is 19.4. The standard InChI is InChI=1S/C30H25F6N5O2/c31-22-12-24(33)23(32)10-19(22)9-20(37)11-27(42)40-14-18-6-2-4-8-25(18)41-16-39-28(26(41)15-40)29(43)38-13-17-5-1-3-7-21(17)30(34,35)36/h1-8,10,12,16,20H,9,11,13-15,37H2,(H,38,43). The normalized spacial score (nSPS) is 13.6. The molecule has 1 aromatic heterocycles. The van der Waals surface area contributed by atoms with Crippen molar-refractivity contribution in [2.24, 2.45) is 5.73 Å². The Morgan fingerprint density at radius 1 is 0.930 bits per heavy atom. The van der Waals surface area contributed by atoms with Gasteiger partial charge >= 0.3 is 6.18 Å². The van der Waals surface area contributed by atoms with E-state index < -0.39 is 53.6 Å². The molecule has 224 valence electrons. The Bertz CT molecular complexity index is 1690. The van der Waals surface area contributed by atoms with Crippen LogP contribution >= 0.6 is 0 Å². The lowest BCUT2D eigenvalue weighted by molar-refractivity contribution is -0.138. The van der Waals surface area contributed by atoms with Crippen LogP contribution in [0.3, 0.4) is 0 Å². The van der Waals surface area contributed by atoms with Crippen molar-refractivity contribution in [3.05, 3.63) is 118 Å². The number of alkyl halides is 3. The quantitative estimate of drug-likeness (QED) is 0.229. The maximum atomic E-state index is 14.1. The van der Waals surface area contributed by atoms with Crippen LogP contribution in [0.4, 0.5) is 26.3 Å². The minimum Gasteiger partial charge on any atom is -0.347 e. The molecule has 4 aromatic rings. The highest BCUT2D eigenvalue weighted by Crippen LogP contribution is 2.32. The van der Waals surface area contributed by atoms with Crippen molar-refractivity contribution in [2.45, 2.75) is 44.7 Å². The van der Waals surface area contributed by atoms with Gasteiger partial charge in [-0.2, -0.15) is 13.2 Å². The number of nitrogens with one attached hydrogen (secondary N) is 1. The van der Waals surface area contributed by atoms with E-state index in [1.807, 2.05) is 0 Å². The molecule has 5 rings (SSSR count). The number of carbonyl (C=O) groups is 2. The number of carbonyl (C=O) groups excluding carboxylic acids is 2. The van der Waals surface area contributed by atoms with Crippen LogP contribution in [0.2, 0.25) is 0 Å². The van der Waals surface area contributed by atoms with Crippen molar-refractivity contribution < 1.29 is 35.9 Å². The summed E-state index contributed by atoms with van der Waals surface area (Å²) in [6.07, 6.45) is -3.71. The number of hydrogen-bond acceptors (Lipinski definition) is 4. The molecule has 43 heavy (non-hydrogen) atoms. The Hall–Kier alpha value is -4.65. The highest BCUT2D eigenvalue weighted by Gasteiger charge is 2.33. The van der Waals surface area contributed by atoms with Crippen LogP contribution in [0.1, 0.15) is 44.9 Å². The monoisotopic (exact) mass is 601 g/mol. The summed E-state index contributed by atoms with van der Waals surface area (Å²) in [4.78, 5) is 32.2. The molecule has 7 nitrogen and oxygen atoms in total. The smallest absolute Gasteiger partial charge is 0.347 e. The van der Waals surface area contributed by atoms with Gasteiger partial charge in [0.15, 0.2) is 17.3 Å². The van der Waals surface area contributed by atoms with Crippen LogP contribution < -0.4 is 11.1 Å². The minimum absolute atomic E-state index is 0.0767. The molecule has 2 amide bonds. The zero-order chi connectivity index (χ0) is 30.9. The van der Waals surface area contributed by atoms with E-state index in [1.54, 1.807) is 28.8 Å². The van der Waals surface area contributed by atoms with E-state index >= 15 is 0 Å². The van der Waals surface area contributed by atoms with Gasteiger partial charge in [0.2, 0.25) is 5.91 Å². The molecule has 3 aromatic carbocycles. The largest absolute Gasteiger partial charge is 0.416 e. The fourth-order valence-corrected chi connectivity index (χ4v) is 5.06. The van der Waals surface area contributed by atoms with Gasteiger partial charge < -0.3 is 20.5 Å². The molecule has 0 saturated heterocycles. The molecule has 2 heterocycles. The van der Waals surface area contributed by atoms with E-state index in [0.717, 1.165) is 11.6 Å². The maximum absolute atomic E-state index is 14.1. The summed E-state index contributed by atoms with van der Waals surface area (Å²) >= 11 is 0. The molecule has 3 N–H and O–H groups in total. The van der Waals surface area contributed by atoms with Crippen molar-refractivity contribution in [1.82, 2.24) is 19.8 Å². The molecule has 1 atom stereocenters. The fourth-order valence-electron chi connectivity index (χ4n) is 5.06. The van der Waals surface area contributed by atoms with Crippen molar-refractivity contribution in [2.75, 3.05) is 0 Å². The number of amides is 2. The number of aromatic nitrogens is 2. The number of halogens is 6. The Balaban J connectivity index is 1.37. The van der Waals surface area contributed by atoms with E-state index in [0.29, 0.717) is 23.5 Å². The molecule has 0 spiro atoms. The summed E-state index contributed by atoms with van der Waals surface area (Å²) in [5, 5.41) is 2.49. The number of imidazole rings is 1. The summed E-state index contributed by atoms with van der Waals surface area (Å²) in [6.45, 7) is -0.375. The van der Waals surface area contributed by atoms with Crippen molar-refractivity contribution in [3.8, 4) is 5.69 Å². The van der Waals surface area contributed by atoms with Gasteiger partial charge in [0.1, 0.15) is 12.1 Å². The first-order valence-electron chi connectivity index (χ1n) is 13.2. The van der Waals surface area contributed by atoms with Gasteiger partial charge in [-0.3, -0.25) is 9.59 Å². The van der Waals surface area contributed by atoms with Crippen molar-refractivity contribution >= 4 is 11.8 Å². The predicted molar refractivity (Wildman–Crippen MR) is 143 cm³/mol. The first kappa shape index (κ1) is 29.8. The molecule has 13 heteroatoms. The van der Waals surface area contributed by atoms with E-state index in [2.05, 4.69) is 10.3 Å². The third-order valence-electron chi connectivity index (χ3n) is 7.16. The molecule has 1 aliphatic heterocycles. The van der Waals surface area contributed by atoms with Gasteiger partial charge in [0, 0.05) is 31.6 Å². The third kappa shape index (κ3) is 6.41. The van der Waals surface area contributed by atoms with Crippen LogP contribution in [0.25, 0.3) is 5.69 Å². The van der Waals surface area contributed by atoms with E-state index in [1.165, 1.54) is 29.4 Å². The van der Waals surface area contributed by atoms with Gasteiger partial charge in [-0.05, 0) is 41.3 Å². The average molecular weight is 602 g/mol. The summed E-state index contributed by atoms with van der Waals surface area (Å²) in [5.41, 5.74) is 6.54. The van der Waals surface area contributed by atoms with Crippen LogP contribution in [-0.4, -0.2) is 32.3 Å². The molecule has 1 unspecified atom stereocenters. The van der Waals surface area contributed by atoms with Crippen molar-refractivity contribution in [1.29, 1.82) is 0 Å². The Morgan fingerprint density at radius 3 is 2.40 bits per heavy atom. The topological polar surface area (TPSA) is 93.2 Å². The lowest BCUT2D eigenvalue weighted by Crippen LogP contribution is -2.36. The molecule has 0 bridgehead atoms. The second kappa shape index (κ2) is 11.9. The average Bonchev–Trinajstić information content (AvgIpc) is 3.29. The Labute approximate surface area is 241 Å². The lowest BCUT2D eigenvalue weighted by Gasteiger charge is -2.23. The van der Waals surface area contributed by atoms with Crippen LogP contribution in [0.5, 0.6) is 0 Å². The fraction of sp³-hybridized carbons (Fsp3) is 0.233. The van der Waals surface area contributed by atoms with Gasteiger partial charge in [0.05, 0.1) is 23.5 Å². The number of benzene rings is 3. The van der Waals surface area contributed by atoms with E-state index in [9.17, 15) is 35.9 Å². The Kier molecular flexibility index (Phi) is 8.27. The van der Waals surface area contributed by atoms with Crippen molar-refractivity contribution in [3.63, 3.8) is 0 Å². The van der Waals surface area contributed by atoms with Crippen LogP contribution in [0, 0.1) is 17.5 Å². The second-order valence-corrected chi connectivity index (χ2v) is 10.2. The van der Waals surface area contributed by atoms with Gasteiger partial charge in [0.25, 0.3) is 5.91 Å². The summed E-state index contributed by atoms with van der Waals surface area (Å²) in [5.74, 6) is -4.74. The lowest BCUT2D eigenvalue weighted by atomic mass is 10.0. The number of hydrogen-bond donors (Lipinski definition) is 2. The van der Waals surface area contributed by atoms with Crippen LogP contribution in [0.15, 0.2) is 67.0 Å². The number of nitrogens with two attached hydrogens (primary N) is 1. The number of nitrogens with zero attached hydrogens (tertiary/aromatic N) is 3. The number of fused-ring (bicyclic) bond motifs is 3.